The van der Waals surface area contributed by atoms with Gasteiger partial charge in [0.05, 0.1) is 84.8 Å². The Hall–Kier alpha value is -5.04. The van der Waals surface area contributed by atoms with Crippen LogP contribution in [0.25, 0.3) is 11.0 Å². The highest BCUT2D eigenvalue weighted by Crippen LogP contribution is 2.27. The van der Waals surface area contributed by atoms with Crippen molar-refractivity contribution in [1.82, 2.24) is 34.3 Å². The first kappa shape index (κ1) is 42.1. The molecule has 0 saturated carbocycles. The van der Waals surface area contributed by atoms with E-state index in [1.165, 1.54) is 15.9 Å². The highest BCUT2D eigenvalue weighted by Gasteiger charge is 2.31. The lowest BCUT2D eigenvalue weighted by atomic mass is 10.1. The Morgan fingerprint density at radius 1 is 0.898 bits per heavy atom. The molecule has 5 heterocycles. The lowest BCUT2D eigenvalue weighted by Crippen LogP contribution is -2.47. The number of benzene rings is 2. The first-order chi connectivity index (χ1) is 28.6. The summed E-state index contributed by atoms with van der Waals surface area (Å²) < 4.78 is 20.4. The van der Waals surface area contributed by atoms with Gasteiger partial charge in [-0.2, -0.15) is 0 Å². The van der Waals surface area contributed by atoms with Crippen LogP contribution >= 0.6 is 22.9 Å². The van der Waals surface area contributed by atoms with Gasteiger partial charge in [0.1, 0.15) is 22.6 Å². The summed E-state index contributed by atoms with van der Waals surface area (Å²) in [6, 6.07) is 14.1. The molecule has 16 nitrogen and oxygen atoms in total. The summed E-state index contributed by atoms with van der Waals surface area (Å²) in [5.74, 6) is 0.556. The lowest BCUT2D eigenvalue weighted by molar-refractivity contribution is -0.135. The Balaban J connectivity index is 0.765. The van der Waals surface area contributed by atoms with Crippen LogP contribution in [0.3, 0.4) is 0 Å². The summed E-state index contributed by atoms with van der Waals surface area (Å²) in [4.78, 5) is 69.5. The van der Waals surface area contributed by atoms with Gasteiger partial charge in [-0.15, -0.1) is 11.3 Å². The lowest BCUT2D eigenvalue weighted by Gasteiger charge is -2.35. The zero-order valence-corrected chi connectivity index (χ0v) is 34.7. The Morgan fingerprint density at radius 3 is 2.34 bits per heavy atom. The van der Waals surface area contributed by atoms with Gasteiger partial charge in [0, 0.05) is 51.6 Å². The van der Waals surface area contributed by atoms with E-state index in [4.69, 9.17) is 30.8 Å². The molecular formula is C41H48ClN9O7S. The molecule has 18 heteroatoms. The molecule has 0 aliphatic carbocycles. The molecule has 2 aliphatic rings. The second-order valence-electron chi connectivity index (χ2n) is 14.4. The number of fused-ring (bicyclic) bond motifs is 1. The fraction of sp³-hybridized carbons (Fsp3) is 0.439. The van der Waals surface area contributed by atoms with Gasteiger partial charge in [0.15, 0.2) is 0 Å². The Labute approximate surface area is 350 Å². The third kappa shape index (κ3) is 10.6. The highest BCUT2D eigenvalue weighted by molar-refractivity contribution is 7.13. The minimum Gasteiger partial charge on any atom is -0.378 e. The molecule has 0 radical (unpaired) electrons. The van der Waals surface area contributed by atoms with Crippen molar-refractivity contribution in [3.63, 3.8) is 0 Å². The van der Waals surface area contributed by atoms with E-state index in [1.54, 1.807) is 16.8 Å². The molecule has 2 aromatic carbocycles. The van der Waals surface area contributed by atoms with Crippen LogP contribution in [0.5, 0.6) is 0 Å². The van der Waals surface area contributed by atoms with Crippen molar-refractivity contribution < 1.29 is 28.6 Å². The van der Waals surface area contributed by atoms with E-state index < -0.39 is 11.9 Å². The van der Waals surface area contributed by atoms with Gasteiger partial charge in [-0.05, 0) is 44.0 Å². The molecule has 1 unspecified atom stereocenters. The van der Waals surface area contributed by atoms with Gasteiger partial charge in [-0.1, -0.05) is 35.9 Å². The number of ether oxygens (including phenoxy) is 3. The van der Waals surface area contributed by atoms with Crippen LogP contribution in [0, 0.1) is 13.8 Å². The van der Waals surface area contributed by atoms with Gasteiger partial charge in [-0.25, -0.2) is 19.7 Å². The maximum Gasteiger partial charge on any atom is 0.329 e. The fourth-order valence-electron chi connectivity index (χ4n) is 7.25. The van der Waals surface area contributed by atoms with Crippen LogP contribution in [0.1, 0.15) is 50.6 Å². The number of nitrogens with zero attached hydrogens (tertiary/aromatic N) is 7. The van der Waals surface area contributed by atoms with Crippen molar-refractivity contribution in [2.24, 2.45) is 0 Å². The van der Waals surface area contributed by atoms with Gasteiger partial charge in [0.2, 0.25) is 11.8 Å². The minimum atomic E-state index is -0.727. The summed E-state index contributed by atoms with van der Waals surface area (Å²) >= 11 is 7.64. The number of imide groups is 1. The number of aromatic nitrogens is 5. The quantitative estimate of drug-likeness (QED) is 0.0960. The number of halogens is 1. The van der Waals surface area contributed by atoms with E-state index in [9.17, 15) is 19.2 Å². The second-order valence-corrected chi connectivity index (χ2v) is 15.9. The molecule has 2 saturated heterocycles. The summed E-state index contributed by atoms with van der Waals surface area (Å²) in [6.45, 7) is 11.0. The van der Waals surface area contributed by atoms with E-state index in [2.05, 4.69) is 30.4 Å². The van der Waals surface area contributed by atoms with E-state index in [0.29, 0.717) is 85.1 Å². The summed E-state index contributed by atoms with van der Waals surface area (Å²) in [7, 11) is 0. The average molecular weight is 846 g/mol. The SMILES string of the molecule is Cc1nc(Cc2ncc(C(=O)Nc3c(C)cccc3Cl)s2)cc(N2CCN(CCOCCOCCOCCn3c(=O)n(C4CCC(=O)NC4=O)c4ccccc43)CC2)n1. The first-order valence-corrected chi connectivity index (χ1v) is 20.9. The van der Waals surface area contributed by atoms with Gasteiger partial charge in [0.25, 0.3) is 5.91 Å². The zero-order valence-electron chi connectivity index (χ0n) is 33.2. The number of aryl methyl sites for hydroxylation is 2. The van der Waals surface area contributed by atoms with Crippen LogP contribution in [0.2, 0.25) is 5.02 Å². The van der Waals surface area contributed by atoms with Crippen molar-refractivity contribution in [2.75, 3.05) is 82.6 Å². The predicted octanol–water partition coefficient (Wildman–Crippen LogP) is 4.01. The molecule has 2 N–H and O–H groups in total. The molecule has 5 aromatic rings. The number of hydrogen-bond donors (Lipinski definition) is 2. The van der Waals surface area contributed by atoms with Crippen molar-refractivity contribution in [1.29, 1.82) is 0 Å². The number of para-hydroxylation sites is 3. The van der Waals surface area contributed by atoms with Crippen LogP contribution in [0.4, 0.5) is 11.5 Å². The molecule has 2 aliphatic heterocycles. The largest absolute Gasteiger partial charge is 0.378 e. The number of amides is 3. The molecule has 312 valence electrons. The number of carbonyl (C=O) groups excluding carboxylic acids is 3. The molecule has 59 heavy (non-hydrogen) atoms. The standard InChI is InChI=1S/C41H48ClN9O7S/c1-27-6-5-7-30(42)38(27)47-40(54)34-26-43-37(59-34)25-29-24-35(45-28(2)44-29)49-14-12-48(13-15-49)16-18-56-20-22-58-23-21-57-19-17-50-31-8-3-4-9-32(31)51(41(50)55)33-10-11-36(52)46-39(33)53/h3-9,24,26,33H,10-23,25H2,1-2H3,(H,47,54)(H,46,52,53). The molecule has 7 rings (SSSR count). The molecular weight excluding hydrogens is 798 g/mol. The number of thiazole rings is 1. The van der Waals surface area contributed by atoms with E-state index in [0.717, 1.165) is 54.8 Å². The number of piperazine rings is 1. The molecule has 0 bridgehead atoms. The molecule has 3 amide bonds. The average Bonchev–Trinajstić information content (AvgIpc) is 3.80. The number of nitrogens with one attached hydrogen (secondary N) is 2. The Bertz CT molecular complexity index is 2320. The summed E-state index contributed by atoms with van der Waals surface area (Å²) in [5, 5.41) is 6.54. The number of rotatable bonds is 18. The van der Waals surface area contributed by atoms with Gasteiger partial charge >= 0.3 is 5.69 Å². The van der Waals surface area contributed by atoms with E-state index in [-0.39, 0.29) is 30.3 Å². The smallest absolute Gasteiger partial charge is 0.329 e. The van der Waals surface area contributed by atoms with Gasteiger partial charge in [-0.3, -0.25) is 33.7 Å². The monoisotopic (exact) mass is 845 g/mol. The highest BCUT2D eigenvalue weighted by atomic mass is 35.5. The topological polar surface area (TPSA) is 175 Å². The number of carbonyl (C=O) groups is 3. The Morgan fingerprint density at radius 2 is 1.61 bits per heavy atom. The maximum absolute atomic E-state index is 13.4. The van der Waals surface area contributed by atoms with Crippen molar-refractivity contribution in [3.05, 3.63) is 97.2 Å². The first-order valence-electron chi connectivity index (χ1n) is 19.7. The van der Waals surface area contributed by atoms with Crippen molar-refractivity contribution >= 4 is 63.2 Å². The van der Waals surface area contributed by atoms with Crippen molar-refractivity contribution in [3.8, 4) is 0 Å². The number of hydrogen-bond acceptors (Lipinski definition) is 13. The van der Waals surface area contributed by atoms with Crippen LogP contribution in [0.15, 0.2) is 59.5 Å². The second kappa shape index (κ2) is 19.8. The predicted molar refractivity (Wildman–Crippen MR) is 225 cm³/mol. The molecule has 2 fully saturated rings. The third-order valence-corrected chi connectivity index (χ3v) is 11.6. The molecule has 1 atom stereocenters. The number of piperidine rings is 1. The zero-order chi connectivity index (χ0) is 41.3. The normalized spacial score (nSPS) is 16.2. The van der Waals surface area contributed by atoms with Crippen LogP contribution in [-0.4, -0.2) is 119 Å². The Kier molecular flexibility index (Phi) is 14.1. The van der Waals surface area contributed by atoms with E-state index >= 15 is 0 Å². The van der Waals surface area contributed by atoms with E-state index in [1.807, 2.05) is 56.3 Å². The molecule has 3 aromatic heterocycles. The molecule has 0 spiro atoms. The van der Waals surface area contributed by atoms with Gasteiger partial charge < -0.3 is 24.4 Å². The maximum atomic E-state index is 13.4. The van der Waals surface area contributed by atoms with Crippen molar-refractivity contribution in [2.45, 2.75) is 45.7 Å². The van der Waals surface area contributed by atoms with Crippen LogP contribution in [-0.2, 0) is 36.8 Å². The number of imidazole rings is 1. The summed E-state index contributed by atoms with van der Waals surface area (Å²) in [6.07, 6.45) is 2.57. The fourth-order valence-corrected chi connectivity index (χ4v) is 8.35. The minimum absolute atomic E-state index is 0.192. The number of anilines is 2. The third-order valence-electron chi connectivity index (χ3n) is 10.3. The summed E-state index contributed by atoms with van der Waals surface area (Å²) in [5.41, 5.74) is 3.41. The van der Waals surface area contributed by atoms with Crippen LogP contribution < -0.4 is 21.2 Å².